The largest absolute Gasteiger partial charge is 0.352 e. The predicted octanol–water partition coefficient (Wildman–Crippen LogP) is 3.91. The summed E-state index contributed by atoms with van der Waals surface area (Å²) in [6, 6.07) is 23.1. The van der Waals surface area contributed by atoms with Crippen molar-refractivity contribution in [1.29, 1.82) is 0 Å². The molecule has 3 N–H and O–H groups in total. The second-order valence-electron chi connectivity index (χ2n) is 7.80. The van der Waals surface area contributed by atoms with Gasteiger partial charge in [0.15, 0.2) is 0 Å². The van der Waals surface area contributed by atoms with Gasteiger partial charge in [-0.15, -0.1) is 0 Å². The van der Waals surface area contributed by atoms with E-state index < -0.39 is 6.04 Å². The van der Waals surface area contributed by atoms with Gasteiger partial charge in [-0.05, 0) is 54.2 Å². The molecule has 0 bridgehead atoms. The zero-order valence-electron chi connectivity index (χ0n) is 17.7. The van der Waals surface area contributed by atoms with E-state index in [2.05, 4.69) is 11.4 Å². The van der Waals surface area contributed by atoms with E-state index in [0.717, 1.165) is 34.4 Å². The van der Waals surface area contributed by atoms with Crippen molar-refractivity contribution in [2.24, 2.45) is 5.73 Å². The fourth-order valence-corrected chi connectivity index (χ4v) is 4.06. The number of aryl methyl sites for hydroxylation is 1. The molecule has 0 fully saturated rings. The van der Waals surface area contributed by atoms with E-state index in [-0.39, 0.29) is 11.8 Å². The van der Waals surface area contributed by atoms with E-state index in [1.807, 2.05) is 73.7 Å². The monoisotopic (exact) mass is 413 g/mol. The maximum absolute atomic E-state index is 12.9. The van der Waals surface area contributed by atoms with Crippen molar-refractivity contribution in [3.63, 3.8) is 0 Å². The summed E-state index contributed by atoms with van der Waals surface area (Å²) < 4.78 is 0. The first-order valence-corrected chi connectivity index (χ1v) is 10.7. The van der Waals surface area contributed by atoms with Crippen LogP contribution in [0.2, 0.25) is 0 Å². The SMILES string of the molecule is CCNC(=O)c1ccccc1-c1ccc(CN2C(=O)[C@H](N)CCc3ccccc32)cc1. The Bertz CT molecular complexity index is 1090. The molecule has 0 aromatic heterocycles. The van der Waals surface area contributed by atoms with Gasteiger partial charge in [0.1, 0.15) is 0 Å². The molecule has 1 heterocycles. The first-order chi connectivity index (χ1) is 15.1. The van der Waals surface area contributed by atoms with Crippen molar-refractivity contribution in [3.05, 3.63) is 89.5 Å². The van der Waals surface area contributed by atoms with Crippen molar-refractivity contribution < 1.29 is 9.59 Å². The fourth-order valence-electron chi connectivity index (χ4n) is 4.06. The molecule has 2 amide bonds. The number of hydrogen-bond donors (Lipinski definition) is 2. The van der Waals surface area contributed by atoms with Gasteiger partial charge in [-0.3, -0.25) is 9.59 Å². The third kappa shape index (κ3) is 4.37. The quantitative estimate of drug-likeness (QED) is 0.666. The third-order valence-electron chi connectivity index (χ3n) is 5.70. The Labute approximate surface area is 182 Å². The summed E-state index contributed by atoms with van der Waals surface area (Å²) in [6.07, 6.45) is 1.46. The van der Waals surface area contributed by atoms with Crippen LogP contribution in [0.1, 0.15) is 34.8 Å². The highest BCUT2D eigenvalue weighted by Gasteiger charge is 2.27. The minimum atomic E-state index is -0.490. The molecular formula is C26H27N3O2. The van der Waals surface area contributed by atoms with Crippen LogP contribution in [0.4, 0.5) is 5.69 Å². The minimum Gasteiger partial charge on any atom is -0.352 e. The van der Waals surface area contributed by atoms with Gasteiger partial charge in [0, 0.05) is 17.8 Å². The van der Waals surface area contributed by atoms with Crippen LogP contribution in [0.5, 0.6) is 0 Å². The highest BCUT2D eigenvalue weighted by molar-refractivity contribution is 6.01. The molecule has 0 saturated carbocycles. The van der Waals surface area contributed by atoms with Crippen molar-refractivity contribution in [1.82, 2.24) is 5.32 Å². The maximum atomic E-state index is 12.9. The Morgan fingerprint density at radius 1 is 1.03 bits per heavy atom. The van der Waals surface area contributed by atoms with Crippen molar-refractivity contribution in [3.8, 4) is 11.1 Å². The van der Waals surface area contributed by atoms with Gasteiger partial charge in [-0.25, -0.2) is 0 Å². The Morgan fingerprint density at radius 2 is 1.74 bits per heavy atom. The van der Waals surface area contributed by atoms with E-state index in [0.29, 0.717) is 25.1 Å². The fraction of sp³-hybridized carbons (Fsp3) is 0.231. The van der Waals surface area contributed by atoms with Crippen LogP contribution in [0.25, 0.3) is 11.1 Å². The molecule has 1 aliphatic heterocycles. The third-order valence-corrected chi connectivity index (χ3v) is 5.70. The van der Waals surface area contributed by atoms with Gasteiger partial charge < -0.3 is 16.0 Å². The number of nitrogens with one attached hydrogen (secondary N) is 1. The zero-order valence-corrected chi connectivity index (χ0v) is 17.7. The smallest absolute Gasteiger partial charge is 0.251 e. The molecule has 4 rings (SSSR count). The number of rotatable bonds is 5. The summed E-state index contributed by atoms with van der Waals surface area (Å²) in [5.41, 5.74) is 11.7. The molecule has 0 aliphatic carbocycles. The molecule has 0 saturated heterocycles. The van der Waals surface area contributed by atoms with Crippen LogP contribution in [-0.4, -0.2) is 24.4 Å². The molecule has 3 aromatic carbocycles. The second-order valence-corrected chi connectivity index (χ2v) is 7.80. The highest BCUT2D eigenvalue weighted by atomic mass is 16.2. The maximum Gasteiger partial charge on any atom is 0.251 e. The van der Waals surface area contributed by atoms with Crippen LogP contribution in [0, 0.1) is 0 Å². The molecule has 1 atom stereocenters. The number of para-hydroxylation sites is 1. The average Bonchev–Trinajstić information content (AvgIpc) is 2.92. The standard InChI is InChI=1S/C26H27N3O2/c1-2-28-25(30)22-9-5-4-8-21(22)19-13-11-18(12-14-19)17-29-24-10-6-3-7-20(24)15-16-23(27)26(29)31/h3-14,23H,2,15-17,27H2,1H3,(H,28,30)/t23-/m1/s1. The highest BCUT2D eigenvalue weighted by Crippen LogP contribution is 2.29. The van der Waals surface area contributed by atoms with E-state index in [1.165, 1.54) is 0 Å². The van der Waals surface area contributed by atoms with Gasteiger partial charge in [0.25, 0.3) is 5.91 Å². The van der Waals surface area contributed by atoms with E-state index in [9.17, 15) is 9.59 Å². The van der Waals surface area contributed by atoms with Gasteiger partial charge in [-0.2, -0.15) is 0 Å². The van der Waals surface area contributed by atoms with Gasteiger partial charge >= 0.3 is 0 Å². The number of nitrogens with two attached hydrogens (primary N) is 1. The molecule has 0 spiro atoms. The molecule has 158 valence electrons. The molecule has 31 heavy (non-hydrogen) atoms. The molecule has 1 aliphatic rings. The minimum absolute atomic E-state index is 0.0457. The number of anilines is 1. The molecule has 3 aromatic rings. The Hall–Kier alpha value is -3.44. The van der Waals surface area contributed by atoms with Gasteiger partial charge in [0.2, 0.25) is 5.91 Å². The Kier molecular flexibility index (Phi) is 6.14. The molecule has 0 radical (unpaired) electrons. The summed E-state index contributed by atoms with van der Waals surface area (Å²) >= 11 is 0. The molecule has 0 unspecified atom stereocenters. The number of carbonyl (C=O) groups is 2. The summed E-state index contributed by atoms with van der Waals surface area (Å²) in [5.74, 6) is -0.126. The topological polar surface area (TPSA) is 75.4 Å². The van der Waals surface area contributed by atoms with Gasteiger partial charge in [0.05, 0.1) is 12.6 Å². The normalized spacial score (nSPS) is 15.9. The van der Waals surface area contributed by atoms with Crippen LogP contribution < -0.4 is 16.0 Å². The second kappa shape index (κ2) is 9.14. The number of hydrogen-bond acceptors (Lipinski definition) is 3. The lowest BCUT2D eigenvalue weighted by Gasteiger charge is -2.25. The van der Waals surface area contributed by atoms with Crippen LogP contribution in [0.3, 0.4) is 0 Å². The lowest BCUT2D eigenvalue weighted by atomic mass is 9.98. The zero-order chi connectivity index (χ0) is 21.8. The number of amides is 2. The van der Waals surface area contributed by atoms with Crippen molar-refractivity contribution in [2.45, 2.75) is 32.4 Å². The van der Waals surface area contributed by atoms with E-state index >= 15 is 0 Å². The predicted molar refractivity (Wildman–Crippen MR) is 124 cm³/mol. The summed E-state index contributed by atoms with van der Waals surface area (Å²) in [6.45, 7) is 2.95. The summed E-state index contributed by atoms with van der Waals surface area (Å²) in [7, 11) is 0. The van der Waals surface area contributed by atoms with Crippen molar-refractivity contribution in [2.75, 3.05) is 11.4 Å². The van der Waals surface area contributed by atoms with E-state index in [1.54, 1.807) is 4.90 Å². The van der Waals surface area contributed by atoms with Crippen LogP contribution in [-0.2, 0) is 17.8 Å². The molecule has 5 heteroatoms. The Balaban J connectivity index is 1.61. The summed E-state index contributed by atoms with van der Waals surface area (Å²) in [5, 5.41) is 2.87. The number of benzene rings is 3. The average molecular weight is 414 g/mol. The van der Waals surface area contributed by atoms with Crippen LogP contribution in [0.15, 0.2) is 72.8 Å². The van der Waals surface area contributed by atoms with E-state index in [4.69, 9.17) is 5.73 Å². The van der Waals surface area contributed by atoms with Crippen molar-refractivity contribution >= 4 is 17.5 Å². The summed E-state index contributed by atoms with van der Waals surface area (Å²) in [4.78, 5) is 27.2. The first-order valence-electron chi connectivity index (χ1n) is 10.7. The van der Waals surface area contributed by atoms with Crippen LogP contribution >= 0.6 is 0 Å². The molecular weight excluding hydrogens is 386 g/mol. The molecule has 5 nitrogen and oxygen atoms in total. The Morgan fingerprint density at radius 3 is 2.52 bits per heavy atom. The number of carbonyl (C=O) groups excluding carboxylic acids is 2. The lowest BCUT2D eigenvalue weighted by Crippen LogP contribution is -2.42. The number of fused-ring (bicyclic) bond motifs is 1. The first kappa shape index (κ1) is 20.8. The number of nitrogens with zero attached hydrogens (tertiary/aromatic N) is 1. The van der Waals surface area contributed by atoms with Gasteiger partial charge in [-0.1, -0.05) is 60.7 Å². The lowest BCUT2D eigenvalue weighted by molar-refractivity contribution is -0.120.